The van der Waals surface area contributed by atoms with Crippen LogP contribution in [0, 0.1) is 22.7 Å². The molecule has 0 saturated carbocycles. The summed E-state index contributed by atoms with van der Waals surface area (Å²) in [6, 6.07) is 99.4. The summed E-state index contributed by atoms with van der Waals surface area (Å²) < 4.78 is 9.42. The molecule has 0 bridgehead atoms. The summed E-state index contributed by atoms with van der Waals surface area (Å²) in [6.45, 7) is 0. The van der Waals surface area contributed by atoms with Crippen molar-refractivity contribution >= 4 is 87.2 Å². The summed E-state index contributed by atoms with van der Waals surface area (Å²) in [5.74, 6) is 1.29. The standard InChI is InChI=1S/C77H45N9/c78-46-48-36-41-67(85-65-34-18-14-30-59(65)71-68(85)42-39-57-55-28-12-16-32-63(55)83(73(57)71)52-23-6-2-7-24-52)62(44-48)77-81-75(49-20-4-1-5-21-49)80-76(82-77)61-38-37-50(54-27-11-10-22-51(54)47-79)45-70(61)86-66-35-19-15-31-60(66)72-69(86)43-40-58-56-29-13-17-33-64(56)84(74(58)72)53-25-8-3-9-26-53/h1-45H. The highest BCUT2D eigenvalue weighted by atomic mass is 15.1. The Morgan fingerprint density at radius 2 is 0.744 bits per heavy atom. The Bertz CT molecular complexity index is 5740. The second kappa shape index (κ2) is 19.2. The fourth-order valence-electron chi connectivity index (χ4n) is 13.4. The highest BCUT2D eigenvalue weighted by molar-refractivity contribution is 6.28. The SMILES string of the molecule is N#Cc1ccc(-n2c3ccccc3c3c2ccc2c4ccccc4n(-c4ccccc4)c23)c(-c2nc(-c3ccccc3)nc(-c3ccc(-c4ccccc4C#N)cc3-n3c4ccccc4c4c3ccc3c5ccccc5n(-c5ccccc5)c34)n2)c1. The maximum Gasteiger partial charge on any atom is 0.166 e. The Morgan fingerprint density at radius 3 is 1.30 bits per heavy atom. The summed E-state index contributed by atoms with van der Waals surface area (Å²) in [6.07, 6.45) is 0. The summed E-state index contributed by atoms with van der Waals surface area (Å²) in [5, 5.41) is 30.4. The minimum Gasteiger partial charge on any atom is -0.309 e. The van der Waals surface area contributed by atoms with Gasteiger partial charge >= 0.3 is 0 Å². The third-order valence-corrected chi connectivity index (χ3v) is 17.1. The molecule has 5 heterocycles. The van der Waals surface area contributed by atoms with Crippen molar-refractivity contribution in [2.24, 2.45) is 0 Å². The Balaban J connectivity index is 0.964. The van der Waals surface area contributed by atoms with Crippen LogP contribution in [0.2, 0.25) is 0 Å². The number of nitriles is 2. The lowest BCUT2D eigenvalue weighted by Gasteiger charge is -2.18. The fourth-order valence-corrected chi connectivity index (χ4v) is 13.4. The van der Waals surface area contributed by atoms with E-state index in [0.717, 1.165) is 127 Å². The Kier molecular flexibility index (Phi) is 10.8. The first-order chi connectivity index (χ1) is 42.6. The molecule has 0 atom stereocenters. The van der Waals surface area contributed by atoms with Gasteiger partial charge in [0, 0.05) is 71.2 Å². The highest BCUT2D eigenvalue weighted by Crippen LogP contribution is 2.46. The average molecular weight is 1100 g/mol. The number of fused-ring (bicyclic) bond motifs is 14. The lowest BCUT2D eigenvalue weighted by Crippen LogP contribution is -2.06. The topological polar surface area (TPSA) is 106 Å². The molecular formula is C77H45N9. The molecule has 17 rings (SSSR count). The van der Waals surface area contributed by atoms with Crippen LogP contribution in [0.5, 0.6) is 0 Å². The molecule has 5 aromatic heterocycles. The molecule has 0 aliphatic heterocycles. The molecule has 0 fully saturated rings. The van der Waals surface area contributed by atoms with Gasteiger partial charge in [0.05, 0.1) is 78.8 Å². The summed E-state index contributed by atoms with van der Waals surface area (Å²) in [4.78, 5) is 16.5. The second-order valence-corrected chi connectivity index (χ2v) is 21.7. The van der Waals surface area contributed by atoms with Crippen LogP contribution in [0.15, 0.2) is 273 Å². The van der Waals surface area contributed by atoms with Gasteiger partial charge in [-0.2, -0.15) is 10.5 Å². The van der Waals surface area contributed by atoms with E-state index in [1.165, 1.54) is 5.39 Å². The van der Waals surface area contributed by atoms with Gasteiger partial charge in [0.1, 0.15) is 0 Å². The van der Waals surface area contributed by atoms with Crippen molar-refractivity contribution in [2.45, 2.75) is 0 Å². The normalized spacial score (nSPS) is 11.7. The van der Waals surface area contributed by atoms with Crippen molar-refractivity contribution in [3.8, 4) is 80.2 Å². The molecule has 86 heavy (non-hydrogen) atoms. The molecule has 0 aliphatic carbocycles. The van der Waals surface area contributed by atoms with E-state index in [2.05, 4.69) is 231 Å². The van der Waals surface area contributed by atoms with E-state index in [1.54, 1.807) is 0 Å². The fraction of sp³-hybridized carbons (Fsp3) is 0. The zero-order valence-electron chi connectivity index (χ0n) is 46.0. The van der Waals surface area contributed by atoms with Gasteiger partial charge in [-0.1, -0.05) is 176 Å². The van der Waals surface area contributed by atoms with Crippen molar-refractivity contribution in [3.05, 3.63) is 284 Å². The number of benzene rings is 12. The quantitative estimate of drug-likeness (QED) is 0.151. The van der Waals surface area contributed by atoms with Crippen LogP contribution in [-0.2, 0) is 0 Å². The van der Waals surface area contributed by atoms with Gasteiger partial charge in [-0.3, -0.25) is 0 Å². The van der Waals surface area contributed by atoms with Crippen molar-refractivity contribution in [2.75, 3.05) is 0 Å². The number of hydrogen-bond acceptors (Lipinski definition) is 5. The zero-order valence-corrected chi connectivity index (χ0v) is 46.0. The first-order valence-corrected chi connectivity index (χ1v) is 28.6. The molecule has 12 aromatic carbocycles. The van der Waals surface area contributed by atoms with E-state index in [-0.39, 0.29) is 0 Å². The first-order valence-electron chi connectivity index (χ1n) is 28.6. The smallest absolute Gasteiger partial charge is 0.166 e. The number of hydrogen-bond donors (Lipinski definition) is 0. The van der Waals surface area contributed by atoms with Gasteiger partial charge in [0.25, 0.3) is 0 Å². The summed E-state index contributed by atoms with van der Waals surface area (Å²) >= 11 is 0. The monoisotopic (exact) mass is 1100 g/mol. The summed E-state index contributed by atoms with van der Waals surface area (Å²) in [5.41, 5.74) is 17.0. The molecular weight excluding hydrogens is 1050 g/mol. The highest BCUT2D eigenvalue weighted by Gasteiger charge is 2.27. The average Bonchev–Trinajstić information content (AvgIpc) is 1.59. The van der Waals surface area contributed by atoms with E-state index in [9.17, 15) is 10.5 Å². The summed E-state index contributed by atoms with van der Waals surface area (Å²) in [7, 11) is 0. The maximum atomic E-state index is 10.8. The Morgan fingerprint density at radius 1 is 0.279 bits per heavy atom. The van der Waals surface area contributed by atoms with E-state index >= 15 is 0 Å². The van der Waals surface area contributed by atoms with Gasteiger partial charge in [0.15, 0.2) is 17.5 Å². The van der Waals surface area contributed by atoms with Gasteiger partial charge < -0.3 is 18.3 Å². The van der Waals surface area contributed by atoms with Crippen LogP contribution in [0.4, 0.5) is 0 Å². The molecule has 9 nitrogen and oxygen atoms in total. The van der Waals surface area contributed by atoms with Crippen molar-refractivity contribution in [1.82, 2.24) is 33.2 Å². The van der Waals surface area contributed by atoms with E-state index in [1.807, 2.05) is 72.8 Å². The van der Waals surface area contributed by atoms with Crippen LogP contribution in [0.1, 0.15) is 11.1 Å². The molecule has 17 aromatic rings. The van der Waals surface area contributed by atoms with E-state index in [0.29, 0.717) is 34.2 Å². The number of aromatic nitrogens is 7. The molecule has 0 spiro atoms. The van der Waals surface area contributed by atoms with Gasteiger partial charge in [-0.25, -0.2) is 15.0 Å². The van der Waals surface area contributed by atoms with E-state index < -0.39 is 0 Å². The molecule has 0 aliphatic rings. The number of rotatable bonds is 8. The molecule has 0 amide bonds. The van der Waals surface area contributed by atoms with Crippen molar-refractivity contribution in [1.29, 1.82) is 10.5 Å². The lowest BCUT2D eigenvalue weighted by molar-refractivity contribution is 1.06. The van der Waals surface area contributed by atoms with Crippen LogP contribution >= 0.6 is 0 Å². The third kappa shape index (κ3) is 7.26. The van der Waals surface area contributed by atoms with Crippen LogP contribution in [-0.4, -0.2) is 33.2 Å². The molecule has 9 heteroatoms. The molecule has 0 N–H and O–H groups in total. The molecule has 0 radical (unpaired) electrons. The molecule has 0 saturated heterocycles. The van der Waals surface area contributed by atoms with E-state index in [4.69, 9.17) is 15.0 Å². The number of para-hydroxylation sites is 6. The van der Waals surface area contributed by atoms with Crippen LogP contribution in [0.25, 0.3) is 155 Å². The molecule has 0 unspecified atom stereocenters. The minimum absolute atomic E-state index is 0.396. The predicted molar refractivity (Wildman–Crippen MR) is 348 cm³/mol. The van der Waals surface area contributed by atoms with Crippen LogP contribution in [0.3, 0.4) is 0 Å². The Hall–Kier alpha value is -12.2. The van der Waals surface area contributed by atoms with Gasteiger partial charge in [0.2, 0.25) is 0 Å². The zero-order chi connectivity index (χ0) is 57.0. The maximum absolute atomic E-state index is 10.8. The van der Waals surface area contributed by atoms with Crippen molar-refractivity contribution in [3.63, 3.8) is 0 Å². The van der Waals surface area contributed by atoms with Crippen molar-refractivity contribution < 1.29 is 0 Å². The molecule has 398 valence electrons. The Labute approximate surface area is 492 Å². The van der Waals surface area contributed by atoms with Crippen LogP contribution < -0.4 is 0 Å². The largest absolute Gasteiger partial charge is 0.309 e. The van der Waals surface area contributed by atoms with Gasteiger partial charge in [-0.05, 0) is 108 Å². The predicted octanol–water partition coefficient (Wildman–Crippen LogP) is 18.7. The number of nitrogens with zero attached hydrogens (tertiary/aromatic N) is 9. The first kappa shape index (κ1) is 48.5. The third-order valence-electron chi connectivity index (χ3n) is 17.1. The van der Waals surface area contributed by atoms with Gasteiger partial charge in [-0.15, -0.1) is 0 Å². The second-order valence-electron chi connectivity index (χ2n) is 21.7. The lowest BCUT2D eigenvalue weighted by atomic mass is 9.97. The minimum atomic E-state index is 0.396.